The van der Waals surface area contributed by atoms with Gasteiger partial charge in [0, 0.05) is 30.6 Å². The fourth-order valence-corrected chi connectivity index (χ4v) is 3.53. The molecule has 5 N–H and O–H groups in total. The fraction of sp³-hybridized carbons (Fsp3) is 0.370. The lowest BCUT2D eigenvalue weighted by Gasteiger charge is -2.06. The van der Waals surface area contributed by atoms with Gasteiger partial charge in [-0.05, 0) is 57.3 Å². The van der Waals surface area contributed by atoms with Crippen molar-refractivity contribution in [2.75, 3.05) is 16.0 Å². The van der Waals surface area contributed by atoms with Crippen LogP contribution in [0.25, 0.3) is 0 Å². The van der Waals surface area contributed by atoms with Gasteiger partial charge in [0.2, 0.25) is 23.0 Å². The topological polar surface area (TPSA) is 190 Å². The molecule has 0 aromatic carbocycles. The molecule has 0 aliphatic rings. The van der Waals surface area contributed by atoms with E-state index >= 15 is 0 Å². The molecule has 5 aromatic heterocycles. The zero-order valence-corrected chi connectivity index (χ0v) is 25.5. The van der Waals surface area contributed by atoms with Crippen LogP contribution in [0.15, 0.2) is 47.2 Å². The molecule has 15 nitrogen and oxygen atoms in total. The van der Waals surface area contributed by atoms with Crippen molar-refractivity contribution in [1.29, 1.82) is 0 Å². The Hall–Kier alpha value is -4.92. The SMILES string of the molecule is CC(C)Oc1cc(Nc2ccnc(Cl)n2)[nH]n1.CC(C)Oc1cc(Nc2ccnc(NCc3cc(C(C)C)no3)n2)[nH]n1. The number of anilines is 5. The summed E-state index contributed by atoms with van der Waals surface area (Å²) >= 11 is 5.67. The fourth-order valence-electron chi connectivity index (χ4n) is 3.38. The number of aromatic amines is 2. The Labute approximate surface area is 253 Å². The second-order valence-corrected chi connectivity index (χ2v) is 10.4. The van der Waals surface area contributed by atoms with Crippen molar-refractivity contribution in [3.05, 3.63) is 59.5 Å². The molecule has 0 saturated heterocycles. The molecule has 0 spiro atoms. The molecule has 0 unspecified atom stereocenters. The van der Waals surface area contributed by atoms with E-state index in [-0.39, 0.29) is 17.5 Å². The van der Waals surface area contributed by atoms with Gasteiger partial charge in [0.25, 0.3) is 0 Å². The summed E-state index contributed by atoms with van der Waals surface area (Å²) in [4.78, 5) is 16.4. The summed E-state index contributed by atoms with van der Waals surface area (Å²) in [5, 5.41) is 27.2. The van der Waals surface area contributed by atoms with E-state index in [1.165, 1.54) is 0 Å². The van der Waals surface area contributed by atoms with Crippen LogP contribution in [0.5, 0.6) is 11.8 Å². The Morgan fingerprint density at radius 1 is 0.814 bits per heavy atom. The van der Waals surface area contributed by atoms with Gasteiger partial charge in [-0.1, -0.05) is 19.0 Å². The minimum absolute atomic E-state index is 0.0632. The number of nitrogens with zero attached hydrogens (tertiary/aromatic N) is 7. The first kappa shape index (κ1) is 31.0. The van der Waals surface area contributed by atoms with Gasteiger partial charge in [0.1, 0.15) is 23.3 Å². The molecule has 5 rings (SSSR count). The third kappa shape index (κ3) is 10.1. The molecular weight excluding hydrogens is 576 g/mol. The van der Waals surface area contributed by atoms with Crippen molar-refractivity contribution in [3.63, 3.8) is 0 Å². The van der Waals surface area contributed by atoms with Gasteiger partial charge in [0.15, 0.2) is 5.76 Å². The predicted octanol–water partition coefficient (Wildman–Crippen LogP) is 5.84. The molecule has 0 radical (unpaired) electrons. The summed E-state index contributed by atoms with van der Waals surface area (Å²) in [6, 6.07) is 8.92. The first-order valence-corrected chi connectivity index (χ1v) is 14.0. The molecule has 0 saturated carbocycles. The number of halogens is 1. The van der Waals surface area contributed by atoms with Crippen molar-refractivity contribution in [1.82, 2.24) is 45.5 Å². The van der Waals surface area contributed by atoms with Crippen LogP contribution in [-0.4, -0.2) is 57.7 Å². The quantitative estimate of drug-likeness (QED) is 0.106. The molecule has 0 bridgehead atoms. The number of hydrogen-bond acceptors (Lipinski definition) is 13. The molecule has 5 aromatic rings. The molecule has 0 amide bonds. The highest BCUT2D eigenvalue weighted by Gasteiger charge is 2.09. The van der Waals surface area contributed by atoms with Crippen LogP contribution in [0.4, 0.5) is 29.2 Å². The molecular formula is C27H35ClN12O3. The van der Waals surface area contributed by atoms with Crippen molar-refractivity contribution in [2.45, 2.75) is 66.2 Å². The number of nitrogens with one attached hydrogen (secondary N) is 5. The lowest BCUT2D eigenvalue weighted by molar-refractivity contribution is 0.232. The normalized spacial score (nSPS) is 10.9. The summed E-state index contributed by atoms with van der Waals surface area (Å²) in [6.07, 6.45) is 3.38. The molecule has 0 aliphatic heterocycles. The van der Waals surface area contributed by atoms with E-state index in [4.69, 9.17) is 25.6 Å². The Kier molecular flexibility index (Phi) is 10.7. The average molecular weight is 611 g/mol. The maximum absolute atomic E-state index is 5.67. The van der Waals surface area contributed by atoms with Gasteiger partial charge in [-0.2, -0.15) is 4.98 Å². The number of hydrogen-bond donors (Lipinski definition) is 5. The number of H-pyrrole nitrogens is 2. The minimum Gasteiger partial charge on any atom is -0.474 e. The van der Waals surface area contributed by atoms with E-state index in [0.29, 0.717) is 53.4 Å². The number of ether oxygens (including phenoxy) is 2. The highest BCUT2D eigenvalue weighted by atomic mass is 35.5. The van der Waals surface area contributed by atoms with E-state index in [1.54, 1.807) is 36.7 Å². The molecule has 16 heteroatoms. The van der Waals surface area contributed by atoms with Gasteiger partial charge >= 0.3 is 0 Å². The summed E-state index contributed by atoms with van der Waals surface area (Å²) in [5.74, 6) is 5.18. The smallest absolute Gasteiger partial charge is 0.234 e. The van der Waals surface area contributed by atoms with E-state index in [0.717, 1.165) is 11.5 Å². The maximum Gasteiger partial charge on any atom is 0.234 e. The first-order valence-electron chi connectivity index (χ1n) is 13.6. The van der Waals surface area contributed by atoms with Gasteiger partial charge in [0.05, 0.1) is 24.4 Å². The van der Waals surface area contributed by atoms with Crippen molar-refractivity contribution in [2.24, 2.45) is 0 Å². The van der Waals surface area contributed by atoms with Gasteiger partial charge in [-0.25, -0.2) is 15.0 Å². The Morgan fingerprint density at radius 3 is 1.93 bits per heavy atom. The minimum atomic E-state index is 0.0632. The summed E-state index contributed by atoms with van der Waals surface area (Å²) in [6.45, 7) is 12.4. The number of rotatable bonds is 12. The van der Waals surface area contributed by atoms with Crippen molar-refractivity contribution in [3.8, 4) is 11.8 Å². The van der Waals surface area contributed by atoms with E-state index in [9.17, 15) is 0 Å². The average Bonchev–Trinajstić information content (AvgIpc) is 3.70. The largest absolute Gasteiger partial charge is 0.474 e. The van der Waals surface area contributed by atoms with Gasteiger partial charge in [-0.3, -0.25) is 10.2 Å². The van der Waals surface area contributed by atoms with Crippen LogP contribution < -0.4 is 25.4 Å². The van der Waals surface area contributed by atoms with Crippen LogP contribution in [0.2, 0.25) is 5.28 Å². The van der Waals surface area contributed by atoms with Crippen LogP contribution >= 0.6 is 11.6 Å². The number of aromatic nitrogens is 9. The van der Waals surface area contributed by atoms with Gasteiger partial charge in [-0.15, -0.1) is 10.2 Å². The second kappa shape index (κ2) is 14.8. The zero-order valence-electron chi connectivity index (χ0n) is 24.7. The molecule has 0 fully saturated rings. The molecule has 0 atom stereocenters. The van der Waals surface area contributed by atoms with Crippen LogP contribution in [0.1, 0.15) is 58.9 Å². The molecule has 43 heavy (non-hydrogen) atoms. The molecule has 228 valence electrons. The van der Waals surface area contributed by atoms with Crippen molar-refractivity contribution >= 4 is 40.8 Å². The van der Waals surface area contributed by atoms with E-state index < -0.39 is 0 Å². The molecule has 0 aliphatic carbocycles. The highest BCUT2D eigenvalue weighted by Crippen LogP contribution is 2.20. The van der Waals surface area contributed by atoms with Crippen LogP contribution in [-0.2, 0) is 6.54 Å². The highest BCUT2D eigenvalue weighted by molar-refractivity contribution is 6.28. The first-order chi connectivity index (χ1) is 20.6. The second-order valence-electron chi connectivity index (χ2n) is 10.0. The van der Waals surface area contributed by atoms with E-state index in [1.807, 2.05) is 33.8 Å². The molecule has 5 heterocycles. The summed E-state index contributed by atoms with van der Waals surface area (Å²) < 4.78 is 16.2. The van der Waals surface area contributed by atoms with Crippen LogP contribution in [0.3, 0.4) is 0 Å². The maximum atomic E-state index is 5.67. The summed E-state index contributed by atoms with van der Waals surface area (Å²) in [5.41, 5.74) is 0.928. The Balaban J connectivity index is 0.000000215. The third-order valence-corrected chi connectivity index (χ3v) is 5.40. The van der Waals surface area contributed by atoms with Crippen molar-refractivity contribution < 1.29 is 14.0 Å². The third-order valence-electron chi connectivity index (χ3n) is 5.22. The zero-order chi connectivity index (χ0) is 30.8. The Bertz CT molecular complexity index is 1570. The standard InChI is InChI=1S/C17H23N7O2.C10H12ClN5O/c1-10(2)13-7-12(26-24-13)9-19-17-18-6-5-14(21-17)20-15-8-16(23-22-15)25-11(3)4;1-6(2)17-9-5-8(15-16-9)13-7-3-4-12-10(11)14-7/h5-8,10-11H,9H2,1-4H3,(H3,18,19,20,21,22,23);3-6H,1-2H3,(H2,12,13,14,15,16). The summed E-state index contributed by atoms with van der Waals surface area (Å²) in [7, 11) is 0. The monoisotopic (exact) mass is 610 g/mol. The van der Waals surface area contributed by atoms with E-state index in [2.05, 4.69) is 75.3 Å². The van der Waals surface area contributed by atoms with Crippen LogP contribution in [0, 0.1) is 0 Å². The predicted molar refractivity (Wildman–Crippen MR) is 162 cm³/mol. The lowest BCUT2D eigenvalue weighted by atomic mass is 10.1. The Morgan fingerprint density at radius 2 is 1.40 bits per heavy atom. The lowest BCUT2D eigenvalue weighted by Crippen LogP contribution is -2.05. The van der Waals surface area contributed by atoms with Gasteiger partial charge < -0.3 is 29.9 Å².